The van der Waals surface area contributed by atoms with Gasteiger partial charge in [-0.05, 0) is 40.1 Å². The number of H-pyrrole nitrogens is 1. The lowest BCUT2D eigenvalue weighted by Gasteiger charge is -2.15. The van der Waals surface area contributed by atoms with Crippen molar-refractivity contribution in [3.63, 3.8) is 0 Å². The Kier molecular flexibility index (Phi) is 8.92. The predicted molar refractivity (Wildman–Crippen MR) is 197 cm³/mol. The van der Waals surface area contributed by atoms with Crippen LogP contribution in [0, 0.1) is 0 Å². The quantitative estimate of drug-likeness (QED) is 0.140. The molecule has 264 valence electrons. The fourth-order valence-corrected chi connectivity index (χ4v) is 7.19. The summed E-state index contributed by atoms with van der Waals surface area (Å²) in [6, 6.07) is 38.5. The van der Waals surface area contributed by atoms with Gasteiger partial charge in [0, 0.05) is 17.4 Å². The Morgan fingerprint density at radius 1 is 0.792 bits per heavy atom. The number of alkyl halides is 3. The van der Waals surface area contributed by atoms with Crippen LogP contribution in [0.15, 0.2) is 137 Å². The molecule has 8 rings (SSSR count). The summed E-state index contributed by atoms with van der Waals surface area (Å²) in [7, 11) is 1.56. The minimum atomic E-state index is -4.79. The Hall–Kier alpha value is -6.34. The summed E-state index contributed by atoms with van der Waals surface area (Å²) >= 11 is 1.23. The average Bonchev–Trinajstić information content (AvgIpc) is 3.78. The Bertz CT molecular complexity index is 2650. The Labute approximate surface area is 304 Å². The van der Waals surface area contributed by atoms with Gasteiger partial charge in [0.2, 0.25) is 0 Å². The van der Waals surface area contributed by atoms with Crippen LogP contribution in [-0.4, -0.2) is 36.5 Å². The lowest BCUT2D eigenvalue weighted by molar-refractivity contribution is -0.140. The number of aromatic amines is 1. The standard InChI is InChI=1S/C40H29F3N6O3S/c1-51-33-21-10-8-19-31(33)48-34(23-52-32-20-9-7-17-29(32)26-12-3-2-4-13-26)45-46-39(48)53-24-27-22-35(50)49-38(44-27)36(37(47-49)40(41,42)43)30-18-11-15-25-14-5-6-16-28(25)30/h2-22,47H,23-24H2,1H3. The Morgan fingerprint density at radius 2 is 1.49 bits per heavy atom. The second-order valence-electron chi connectivity index (χ2n) is 12.0. The van der Waals surface area contributed by atoms with Crippen LogP contribution in [0.1, 0.15) is 17.2 Å². The molecule has 0 radical (unpaired) electrons. The van der Waals surface area contributed by atoms with E-state index in [9.17, 15) is 18.0 Å². The number of aromatic nitrogens is 6. The first-order valence-electron chi connectivity index (χ1n) is 16.5. The van der Waals surface area contributed by atoms with Crippen LogP contribution in [0.3, 0.4) is 0 Å². The zero-order chi connectivity index (χ0) is 36.5. The lowest BCUT2D eigenvalue weighted by atomic mass is 9.98. The minimum Gasteiger partial charge on any atom is -0.495 e. The Balaban J connectivity index is 1.17. The highest BCUT2D eigenvalue weighted by molar-refractivity contribution is 7.98. The summed E-state index contributed by atoms with van der Waals surface area (Å²) < 4.78 is 58.2. The van der Waals surface area contributed by atoms with Crippen LogP contribution < -0.4 is 15.0 Å². The predicted octanol–water partition coefficient (Wildman–Crippen LogP) is 8.99. The van der Waals surface area contributed by atoms with E-state index in [-0.39, 0.29) is 29.3 Å². The third-order valence-electron chi connectivity index (χ3n) is 8.72. The van der Waals surface area contributed by atoms with E-state index in [4.69, 9.17) is 9.47 Å². The number of benzene rings is 5. The van der Waals surface area contributed by atoms with Gasteiger partial charge in [-0.3, -0.25) is 14.5 Å². The highest BCUT2D eigenvalue weighted by Gasteiger charge is 2.38. The number of para-hydroxylation sites is 3. The van der Waals surface area contributed by atoms with Crippen molar-refractivity contribution in [2.45, 2.75) is 23.7 Å². The number of ether oxygens (including phenoxy) is 2. The first kappa shape index (κ1) is 33.8. The number of methoxy groups -OCH3 is 1. The van der Waals surface area contributed by atoms with E-state index in [2.05, 4.69) is 20.3 Å². The number of hydrogen-bond donors (Lipinski definition) is 1. The molecule has 8 aromatic rings. The number of nitrogens with zero attached hydrogens (tertiary/aromatic N) is 5. The molecule has 0 saturated heterocycles. The zero-order valence-corrected chi connectivity index (χ0v) is 28.9. The number of halogens is 3. The highest BCUT2D eigenvalue weighted by atomic mass is 32.2. The van der Waals surface area contributed by atoms with Gasteiger partial charge in [0.25, 0.3) is 5.56 Å². The van der Waals surface area contributed by atoms with Gasteiger partial charge in [0.1, 0.15) is 23.8 Å². The maximum absolute atomic E-state index is 14.5. The third-order valence-corrected chi connectivity index (χ3v) is 9.68. The molecule has 0 spiro atoms. The summed E-state index contributed by atoms with van der Waals surface area (Å²) in [5.74, 6) is 1.79. The summed E-state index contributed by atoms with van der Waals surface area (Å²) in [5.41, 5.74) is 1.06. The summed E-state index contributed by atoms with van der Waals surface area (Å²) in [6.45, 7) is 0.0545. The first-order chi connectivity index (χ1) is 25.8. The van der Waals surface area contributed by atoms with Crippen LogP contribution in [-0.2, 0) is 18.5 Å². The number of fused-ring (bicyclic) bond motifs is 2. The molecule has 3 aromatic heterocycles. The van der Waals surface area contributed by atoms with Gasteiger partial charge in [0.05, 0.1) is 24.1 Å². The SMILES string of the molecule is COc1ccccc1-n1c(COc2ccccc2-c2ccccc2)nnc1SCc1cc(=O)n2[nH]c(C(F)(F)F)c(-c3cccc4ccccc34)c2n1. The van der Waals surface area contributed by atoms with Gasteiger partial charge >= 0.3 is 6.18 Å². The number of rotatable bonds is 10. The van der Waals surface area contributed by atoms with Crippen molar-refractivity contribution >= 4 is 28.2 Å². The van der Waals surface area contributed by atoms with Crippen molar-refractivity contribution < 1.29 is 22.6 Å². The smallest absolute Gasteiger partial charge is 0.433 e. The molecular formula is C40H29F3N6O3S. The molecule has 53 heavy (non-hydrogen) atoms. The van der Waals surface area contributed by atoms with Crippen LogP contribution in [0.2, 0.25) is 0 Å². The van der Waals surface area contributed by atoms with E-state index in [1.807, 2.05) is 97.1 Å². The van der Waals surface area contributed by atoms with E-state index in [0.29, 0.717) is 39.1 Å². The van der Waals surface area contributed by atoms with Crippen molar-refractivity contribution in [1.29, 1.82) is 0 Å². The number of thioether (sulfide) groups is 1. The monoisotopic (exact) mass is 730 g/mol. The molecule has 5 aromatic carbocycles. The second kappa shape index (κ2) is 14.0. The van der Waals surface area contributed by atoms with Gasteiger partial charge < -0.3 is 9.47 Å². The molecule has 13 heteroatoms. The van der Waals surface area contributed by atoms with E-state index in [0.717, 1.165) is 21.0 Å². The van der Waals surface area contributed by atoms with Gasteiger partial charge in [-0.25, -0.2) is 9.50 Å². The van der Waals surface area contributed by atoms with E-state index >= 15 is 0 Å². The van der Waals surface area contributed by atoms with Gasteiger partial charge in [0.15, 0.2) is 16.6 Å². The van der Waals surface area contributed by atoms with E-state index in [1.54, 1.807) is 35.9 Å². The maximum atomic E-state index is 14.5. The molecular weight excluding hydrogens is 702 g/mol. The summed E-state index contributed by atoms with van der Waals surface area (Å²) in [4.78, 5) is 18.0. The molecule has 0 fully saturated rings. The van der Waals surface area contributed by atoms with Crippen LogP contribution in [0.5, 0.6) is 11.5 Å². The number of hydrogen-bond acceptors (Lipinski definition) is 7. The van der Waals surface area contributed by atoms with E-state index < -0.39 is 17.4 Å². The maximum Gasteiger partial charge on any atom is 0.433 e. The molecule has 3 heterocycles. The van der Waals surface area contributed by atoms with Crippen LogP contribution in [0.25, 0.3) is 44.4 Å². The zero-order valence-electron chi connectivity index (χ0n) is 28.0. The van der Waals surface area contributed by atoms with Gasteiger partial charge in [-0.2, -0.15) is 13.2 Å². The van der Waals surface area contributed by atoms with Gasteiger partial charge in [-0.15, -0.1) is 10.2 Å². The minimum absolute atomic E-state index is 0.0545. The molecule has 9 nitrogen and oxygen atoms in total. The second-order valence-corrected chi connectivity index (χ2v) is 12.9. The molecule has 0 saturated carbocycles. The van der Waals surface area contributed by atoms with Gasteiger partial charge in [-0.1, -0.05) is 115 Å². The van der Waals surface area contributed by atoms with Crippen molar-refractivity contribution in [1.82, 2.24) is 29.4 Å². The number of nitrogens with one attached hydrogen (secondary N) is 1. The first-order valence-corrected chi connectivity index (χ1v) is 17.5. The molecule has 0 bridgehead atoms. The average molecular weight is 731 g/mol. The normalized spacial score (nSPS) is 11.7. The summed E-state index contributed by atoms with van der Waals surface area (Å²) in [6.07, 6.45) is -4.79. The Morgan fingerprint density at radius 3 is 2.30 bits per heavy atom. The van der Waals surface area contributed by atoms with Crippen molar-refractivity contribution in [3.8, 4) is 39.4 Å². The van der Waals surface area contributed by atoms with Crippen LogP contribution in [0.4, 0.5) is 13.2 Å². The molecule has 0 amide bonds. The fourth-order valence-electron chi connectivity index (χ4n) is 6.34. The highest BCUT2D eigenvalue weighted by Crippen LogP contribution is 2.41. The fraction of sp³-hybridized carbons (Fsp3) is 0.100. The molecule has 0 unspecified atom stereocenters. The summed E-state index contributed by atoms with van der Waals surface area (Å²) in [5, 5.41) is 13.0. The largest absolute Gasteiger partial charge is 0.495 e. The van der Waals surface area contributed by atoms with Crippen molar-refractivity contribution in [3.05, 3.63) is 155 Å². The molecule has 0 atom stereocenters. The van der Waals surface area contributed by atoms with E-state index in [1.165, 1.54) is 17.8 Å². The third kappa shape index (κ3) is 6.51. The topological polar surface area (TPSA) is 99.3 Å². The molecule has 0 aliphatic heterocycles. The molecule has 0 aliphatic carbocycles. The lowest BCUT2D eigenvalue weighted by Crippen LogP contribution is -2.16. The van der Waals surface area contributed by atoms with Crippen LogP contribution >= 0.6 is 11.8 Å². The molecule has 0 aliphatic rings. The molecule has 1 N–H and O–H groups in total. The van der Waals surface area contributed by atoms with Crippen molar-refractivity contribution in [2.75, 3.05) is 7.11 Å². The van der Waals surface area contributed by atoms with Crippen molar-refractivity contribution in [2.24, 2.45) is 0 Å².